The van der Waals surface area contributed by atoms with Crippen molar-refractivity contribution in [2.24, 2.45) is 0 Å². The van der Waals surface area contributed by atoms with Crippen LogP contribution in [-0.2, 0) is 13.0 Å². The van der Waals surface area contributed by atoms with Crippen LogP contribution in [0.4, 0.5) is 11.4 Å². The van der Waals surface area contributed by atoms with Gasteiger partial charge in [-0.3, -0.25) is 19.3 Å². The number of ether oxygens (including phenoxy) is 2. The maximum Gasteiger partial charge on any atom is 0.261 e. The summed E-state index contributed by atoms with van der Waals surface area (Å²) in [5.74, 6) is 0.247. The molecule has 2 heterocycles. The van der Waals surface area contributed by atoms with E-state index in [1.165, 1.54) is 16.5 Å². The first kappa shape index (κ1) is 28.0. The zero-order chi connectivity index (χ0) is 30.2. The smallest absolute Gasteiger partial charge is 0.261 e. The third-order valence-electron chi connectivity index (χ3n) is 8.18. The third kappa shape index (κ3) is 5.20. The molecule has 2 N–H and O–H groups in total. The van der Waals surface area contributed by atoms with E-state index in [2.05, 4.69) is 12.1 Å². The number of benzene rings is 4. The third-order valence-corrected chi connectivity index (χ3v) is 8.18. The lowest BCUT2D eigenvalue weighted by Crippen LogP contribution is -2.29. The lowest BCUT2D eigenvalue weighted by Gasteiger charge is -2.24. The maximum atomic E-state index is 13.8. The number of carbonyl (C=O) groups excluding carboxylic acids is 3. The Labute approximate surface area is 250 Å². The highest BCUT2D eigenvalue weighted by molar-refractivity contribution is 6.21. The Balaban J connectivity index is 1.20. The van der Waals surface area contributed by atoms with E-state index in [1.807, 2.05) is 62.4 Å². The highest BCUT2D eigenvalue weighted by Gasteiger charge is 2.38. The fourth-order valence-electron chi connectivity index (χ4n) is 5.87. The molecule has 0 fully saturated rings. The summed E-state index contributed by atoms with van der Waals surface area (Å²) in [6, 6.07) is 25.8. The van der Waals surface area contributed by atoms with Crippen molar-refractivity contribution in [3.05, 3.63) is 118 Å². The number of amides is 3. The van der Waals surface area contributed by atoms with Crippen LogP contribution in [0.3, 0.4) is 0 Å². The minimum atomic E-state index is -0.391. The molecule has 0 bridgehead atoms. The molecule has 3 amide bonds. The summed E-state index contributed by atoms with van der Waals surface area (Å²) in [5, 5.41) is 0. The number of aryl methyl sites for hydroxylation is 1. The fraction of sp³-hybridized carbons (Fsp3) is 0.229. The van der Waals surface area contributed by atoms with Gasteiger partial charge in [0.25, 0.3) is 17.7 Å². The summed E-state index contributed by atoms with van der Waals surface area (Å²) in [6.45, 7) is 4.06. The highest BCUT2D eigenvalue weighted by atomic mass is 16.5. The Kier molecular flexibility index (Phi) is 7.36. The second kappa shape index (κ2) is 11.3. The van der Waals surface area contributed by atoms with Crippen LogP contribution < -0.4 is 20.1 Å². The predicted molar refractivity (Wildman–Crippen MR) is 165 cm³/mol. The summed E-state index contributed by atoms with van der Waals surface area (Å²) in [4.78, 5) is 42.6. The van der Waals surface area contributed by atoms with Crippen LogP contribution >= 0.6 is 0 Å². The summed E-state index contributed by atoms with van der Waals surface area (Å²) in [6.07, 6.45) is 1.64. The van der Waals surface area contributed by atoms with Crippen molar-refractivity contribution in [2.45, 2.75) is 45.4 Å². The lowest BCUT2D eigenvalue weighted by atomic mass is 10.0. The van der Waals surface area contributed by atoms with Gasteiger partial charge < -0.3 is 20.1 Å². The van der Waals surface area contributed by atoms with Crippen molar-refractivity contribution in [3.63, 3.8) is 0 Å². The van der Waals surface area contributed by atoms with Crippen molar-refractivity contribution < 1.29 is 23.9 Å². The van der Waals surface area contributed by atoms with Gasteiger partial charge >= 0.3 is 0 Å². The van der Waals surface area contributed by atoms with E-state index in [9.17, 15) is 14.4 Å². The lowest BCUT2D eigenvalue weighted by molar-refractivity contribution is 0.0642. The average molecular weight is 576 g/mol. The van der Waals surface area contributed by atoms with E-state index in [4.69, 9.17) is 15.2 Å². The topological polar surface area (TPSA) is 102 Å². The van der Waals surface area contributed by atoms with E-state index in [1.54, 1.807) is 30.2 Å². The second-order valence-corrected chi connectivity index (χ2v) is 11.1. The van der Waals surface area contributed by atoms with Gasteiger partial charge in [0.05, 0.1) is 36.9 Å². The summed E-state index contributed by atoms with van der Waals surface area (Å²) < 4.78 is 11.9. The molecule has 4 aromatic carbocycles. The minimum Gasteiger partial charge on any atom is -0.493 e. The summed E-state index contributed by atoms with van der Waals surface area (Å²) in [7, 11) is 1.60. The molecule has 2 unspecified atom stereocenters. The van der Waals surface area contributed by atoms with Crippen LogP contribution in [0.5, 0.6) is 11.5 Å². The molecule has 8 heteroatoms. The van der Waals surface area contributed by atoms with Gasteiger partial charge in [-0.2, -0.15) is 0 Å². The van der Waals surface area contributed by atoms with Crippen LogP contribution in [0.2, 0.25) is 0 Å². The van der Waals surface area contributed by atoms with Gasteiger partial charge in [0.2, 0.25) is 0 Å². The molecule has 218 valence electrons. The van der Waals surface area contributed by atoms with Crippen LogP contribution in [-0.4, -0.2) is 35.8 Å². The molecule has 2 aliphatic heterocycles. The van der Waals surface area contributed by atoms with E-state index in [0.717, 1.165) is 18.4 Å². The fourth-order valence-corrected chi connectivity index (χ4v) is 5.87. The Morgan fingerprint density at radius 3 is 2.33 bits per heavy atom. The van der Waals surface area contributed by atoms with Crippen LogP contribution in [0, 0.1) is 0 Å². The standard InChI is InChI=1S/C35H33N3O5/c1-21(9-10-23-7-5-4-6-8-23)43-32-19-26(13-16-31(32)42-3)38-22(2)27-14-11-24(17-29(27)35(38)41)20-37-33(39)28-15-12-25(36)18-30(28)34(37)40/h4-8,11-19,21-22H,9-10,20,36H2,1-3H3. The van der Waals surface area contributed by atoms with E-state index in [-0.39, 0.29) is 30.5 Å². The minimum absolute atomic E-state index is 0.0581. The van der Waals surface area contributed by atoms with Gasteiger partial charge in [-0.15, -0.1) is 0 Å². The second-order valence-electron chi connectivity index (χ2n) is 11.1. The van der Waals surface area contributed by atoms with Gasteiger partial charge in [0.1, 0.15) is 0 Å². The van der Waals surface area contributed by atoms with Gasteiger partial charge in [-0.25, -0.2) is 0 Å². The van der Waals surface area contributed by atoms with Gasteiger partial charge in [-0.05, 0) is 79.8 Å². The molecular weight excluding hydrogens is 542 g/mol. The highest BCUT2D eigenvalue weighted by Crippen LogP contribution is 2.41. The average Bonchev–Trinajstić information content (AvgIpc) is 3.40. The van der Waals surface area contributed by atoms with Crippen molar-refractivity contribution >= 4 is 29.1 Å². The molecule has 2 aliphatic rings. The van der Waals surface area contributed by atoms with E-state index in [0.29, 0.717) is 45.1 Å². The quantitative estimate of drug-likeness (QED) is 0.189. The molecular formula is C35H33N3O5. The number of nitrogens with zero attached hydrogens (tertiary/aromatic N) is 2. The van der Waals surface area contributed by atoms with Crippen LogP contribution in [0.1, 0.15) is 74.1 Å². The van der Waals surface area contributed by atoms with Crippen LogP contribution in [0.15, 0.2) is 84.9 Å². The SMILES string of the molecule is COc1ccc(N2C(=O)c3cc(CN4C(=O)c5ccc(N)cc5C4=O)ccc3C2C)cc1OC(C)CCc1ccccc1. The monoisotopic (exact) mass is 575 g/mol. The number of rotatable bonds is 9. The van der Waals surface area contributed by atoms with E-state index < -0.39 is 5.91 Å². The zero-order valence-electron chi connectivity index (χ0n) is 24.4. The maximum absolute atomic E-state index is 13.8. The molecule has 0 saturated heterocycles. The number of hydrogen-bond donors (Lipinski definition) is 1. The van der Waals surface area contributed by atoms with Crippen LogP contribution in [0.25, 0.3) is 0 Å². The molecule has 0 aromatic heterocycles. The Morgan fingerprint density at radius 1 is 0.791 bits per heavy atom. The first-order valence-corrected chi connectivity index (χ1v) is 14.4. The number of carbonyl (C=O) groups is 3. The predicted octanol–water partition coefficient (Wildman–Crippen LogP) is 6.20. The number of nitrogen functional groups attached to an aromatic ring is 1. The van der Waals surface area contributed by atoms with Crippen molar-refractivity contribution in [3.8, 4) is 11.5 Å². The van der Waals surface area contributed by atoms with Crippen molar-refractivity contribution in [1.29, 1.82) is 0 Å². The largest absolute Gasteiger partial charge is 0.493 e. The molecule has 43 heavy (non-hydrogen) atoms. The molecule has 0 radical (unpaired) electrons. The first-order valence-electron chi connectivity index (χ1n) is 14.4. The molecule has 0 aliphatic carbocycles. The Hall–Kier alpha value is -5.11. The number of nitrogens with two attached hydrogens (primary N) is 1. The number of fused-ring (bicyclic) bond motifs is 2. The summed E-state index contributed by atoms with van der Waals surface area (Å²) >= 11 is 0. The van der Waals surface area contributed by atoms with Gasteiger partial charge in [0, 0.05) is 23.0 Å². The molecule has 2 atom stereocenters. The Morgan fingerprint density at radius 2 is 1.56 bits per heavy atom. The number of anilines is 2. The number of hydrogen-bond acceptors (Lipinski definition) is 6. The molecule has 4 aromatic rings. The van der Waals surface area contributed by atoms with Crippen molar-refractivity contribution in [1.82, 2.24) is 4.90 Å². The molecule has 0 spiro atoms. The molecule has 0 saturated carbocycles. The normalized spacial score (nSPS) is 16.3. The number of imide groups is 1. The summed E-state index contributed by atoms with van der Waals surface area (Å²) in [5.41, 5.74) is 10.9. The van der Waals surface area contributed by atoms with Gasteiger partial charge in [0.15, 0.2) is 11.5 Å². The molecule has 8 nitrogen and oxygen atoms in total. The zero-order valence-corrected chi connectivity index (χ0v) is 24.4. The van der Waals surface area contributed by atoms with E-state index >= 15 is 0 Å². The Bertz CT molecular complexity index is 1740. The first-order chi connectivity index (χ1) is 20.7. The number of methoxy groups -OCH3 is 1. The van der Waals surface area contributed by atoms with Gasteiger partial charge in [-0.1, -0.05) is 42.5 Å². The molecule has 6 rings (SSSR count). The van der Waals surface area contributed by atoms with Crippen molar-refractivity contribution in [2.75, 3.05) is 17.7 Å².